The summed E-state index contributed by atoms with van der Waals surface area (Å²) in [7, 11) is 0. The monoisotopic (exact) mass is 375 g/mol. The van der Waals surface area contributed by atoms with E-state index in [2.05, 4.69) is 61.6 Å². The molecule has 2 aromatic carbocycles. The molecule has 0 bridgehead atoms. The van der Waals surface area contributed by atoms with Crippen molar-refractivity contribution in [1.82, 2.24) is 5.32 Å². The number of nitrogens with one attached hydrogen (secondary N) is 1. The molecule has 1 atom stereocenters. The molecule has 3 rings (SSSR count). The van der Waals surface area contributed by atoms with Gasteiger partial charge in [-0.25, -0.2) is 0 Å². The van der Waals surface area contributed by atoms with Crippen LogP contribution in [0.1, 0.15) is 44.1 Å². The SMILES string of the molecule is CC(C)OC(OCC1(c2ccccc2)CCNCC1)c1ccccc1.Cl. The molecule has 2 aromatic rings. The molecule has 1 aliphatic rings. The van der Waals surface area contributed by atoms with E-state index in [1.165, 1.54) is 5.56 Å². The van der Waals surface area contributed by atoms with Crippen LogP contribution < -0.4 is 5.32 Å². The molecule has 0 aromatic heterocycles. The largest absolute Gasteiger partial charge is 0.347 e. The zero-order valence-electron chi connectivity index (χ0n) is 15.7. The standard InChI is InChI=1S/C22H29NO2.ClH/c1-18(2)25-21(19-9-5-3-6-10-19)24-17-22(13-15-23-16-14-22)20-11-7-4-8-12-20;/h3-12,18,21,23H,13-17H2,1-2H3;1H. The first-order chi connectivity index (χ1) is 12.2. The maximum Gasteiger partial charge on any atom is 0.184 e. The first-order valence-electron chi connectivity index (χ1n) is 9.28. The van der Waals surface area contributed by atoms with Crippen LogP contribution in [0.25, 0.3) is 0 Å². The molecule has 1 fully saturated rings. The molecule has 1 unspecified atom stereocenters. The third-order valence-electron chi connectivity index (χ3n) is 4.93. The van der Waals surface area contributed by atoms with Crippen molar-refractivity contribution in [3.8, 4) is 0 Å². The highest BCUT2D eigenvalue weighted by atomic mass is 35.5. The molecular formula is C22H30ClNO2. The Bertz CT molecular complexity index is 627. The molecule has 1 N–H and O–H groups in total. The fraction of sp³-hybridized carbons (Fsp3) is 0.455. The maximum atomic E-state index is 6.39. The Morgan fingerprint density at radius 1 is 0.923 bits per heavy atom. The van der Waals surface area contributed by atoms with Crippen LogP contribution in [0.15, 0.2) is 60.7 Å². The summed E-state index contributed by atoms with van der Waals surface area (Å²) >= 11 is 0. The van der Waals surface area contributed by atoms with Gasteiger partial charge >= 0.3 is 0 Å². The van der Waals surface area contributed by atoms with E-state index in [1.807, 2.05) is 18.2 Å². The molecule has 0 radical (unpaired) electrons. The lowest BCUT2D eigenvalue weighted by molar-refractivity contribution is -0.178. The van der Waals surface area contributed by atoms with Crippen LogP contribution in [0.2, 0.25) is 0 Å². The predicted octanol–water partition coefficient (Wildman–Crippen LogP) is 4.87. The van der Waals surface area contributed by atoms with Gasteiger partial charge in [-0.3, -0.25) is 0 Å². The first-order valence-corrected chi connectivity index (χ1v) is 9.28. The van der Waals surface area contributed by atoms with Crippen LogP contribution >= 0.6 is 12.4 Å². The summed E-state index contributed by atoms with van der Waals surface area (Å²) in [6.45, 7) is 6.83. The van der Waals surface area contributed by atoms with E-state index in [-0.39, 0.29) is 30.2 Å². The minimum atomic E-state index is -0.323. The Morgan fingerprint density at radius 2 is 1.50 bits per heavy atom. The average molecular weight is 376 g/mol. The van der Waals surface area contributed by atoms with Gasteiger partial charge in [-0.2, -0.15) is 0 Å². The molecule has 4 heteroatoms. The van der Waals surface area contributed by atoms with Crippen molar-refractivity contribution < 1.29 is 9.47 Å². The van der Waals surface area contributed by atoms with E-state index in [9.17, 15) is 0 Å². The Labute approximate surface area is 163 Å². The van der Waals surface area contributed by atoms with Gasteiger partial charge in [0, 0.05) is 11.0 Å². The van der Waals surface area contributed by atoms with E-state index in [1.54, 1.807) is 0 Å². The number of rotatable bonds is 7. The second-order valence-electron chi connectivity index (χ2n) is 7.13. The van der Waals surface area contributed by atoms with E-state index < -0.39 is 0 Å². The molecule has 0 saturated carbocycles. The topological polar surface area (TPSA) is 30.5 Å². The lowest BCUT2D eigenvalue weighted by atomic mass is 9.74. The number of hydrogen-bond donors (Lipinski definition) is 1. The molecule has 0 amide bonds. The lowest BCUT2D eigenvalue weighted by Crippen LogP contribution is -2.43. The van der Waals surface area contributed by atoms with Crippen LogP contribution in [0.5, 0.6) is 0 Å². The fourth-order valence-corrected chi connectivity index (χ4v) is 3.52. The highest BCUT2D eigenvalue weighted by Gasteiger charge is 2.35. The number of piperidine rings is 1. The van der Waals surface area contributed by atoms with Crippen LogP contribution in [-0.4, -0.2) is 25.8 Å². The third kappa shape index (κ3) is 5.31. The number of ether oxygens (including phenoxy) is 2. The predicted molar refractivity (Wildman–Crippen MR) is 109 cm³/mol. The molecule has 142 valence electrons. The van der Waals surface area contributed by atoms with Crippen LogP contribution in [0.4, 0.5) is 0 Å². The van der Waals surface area contributed by atoms with Gasteiger partial charge in [0.2, 0.25) is 0 Å². The van der Waals surface area contributed by atoms with Crippen molar-refractivity contribution >= 4 is 12.4 Å². The summed E-state index contributed by atoms with van der Waals surface area (Å²) in [4.78, 5) is 0. The molecule has 3 nitrogen and oxygen atoms in total. The Balaban J connectivity index is 0.00000243. The van der Waals surface area contributed by atoms with Crippen LogP contribution in [0.3, 0.4) is 0 Å². The van der Waals surface area contributed by atoms with E-state index in [0.29, 0.717) is 6.61 Å². The Morgan fingerprint density at radius 3 is 2.08 bits per heavy atom. The third-order valence-corrected chi connectivity index (χ3v) is 4.93. The Hall–Kier alpha value is -1.39. The Kier molecular flexibility index (Phi) is 8.11. The average Bonchev–Trinajstić information content (AvgIpc) is 2.67. The van der Waals surface area contributed by atoms with Gasteiger partial charge < -0.3 is 14.8 Å². The summed E-state index contributed by atoms with van der Waals surface area (Å²) in [6.07, 6.45) is 1.96. The lowest BCUT2D eigenvalue weighted by Gasteiger charge is -2.39. The van der Waals surface area contributed by atoms with E-state index >= 15 is 0 Å². The van der Waals surface area contributed by atoms with Gasteiger partial charge in [-0.15, -0.1) is 12.4 Å². The smallest absolute Gasteiger partial charge is 0.184 e. The molecule has 26 heavy (non-hydrogen) atoms. The molecule has 0 aliphatic carbocycles. The fourth-order valence-electron chi connectivity index (χ4n) is 3.52. The summed E-state index contributed by atoms with van der Waals surface area (Å²) < 4.78 is 12.5. The highest BCUT2D eigenvalue weighted by Crippen LogP contribution is 2.35. The number of benzene rings is 2. The molecule has 1 aliphatic heterocycles. The highest BCUT2D eigenvalue weighted by molar-refractivity contribution is 5.85. The summed E-state index contributed by atoms with van der Waals surface area (Å²) in [5.74, 6) is 0. The van der Waals surface area contributed by atoms with Crippen LogP contribution in [-0.2, 0) is 14.9 Å². The van der Waals surface area contributed by atoms with Gasteiger partial charge in [0.05, 0.1) is 12.7 Å². The first kappa shape index (κ1) is 20.9. The van der Waals surface area contributed by atoms with E-state index in [4.69, 9.17) is 9.47 Å². The maximum absolute atomic E-state index is 6.39. The number of hydrogen-bond acceptors (Lipinski definition) is 3. The summed E-state index contributed by atoms with van der Waals surface area (Å²) in [5, 5.41) is 3.47. The van der Waals surface area contributed by atoms with Gasteiger partial charge in [-0.1, -0.05) is 60.7 Å². The van der Waals surface area contributed by atoms with Crippen molar-refractivity contribution in [1.29, 1.82) is 0 Å². The van der Waals surface area contributed by atoms with Crippen LogP contribution in [0, 0.1) is 0 Å². The normalized spacial score (nSPS) is 17.5. The zero-order chi connectivity index (χ0) is 17.5. The van der Waals surface area contributed by atoms with Crippen molar-refractivity contribution in [3.05, 3.63) is 71.8 Å². The van der Waals surface area contributed by atoms with Gasteiger partial charge in [0.15, 0.2) is 6.29 Å². The van der Waals surface area contributed by atoms with Crippen molar-refractivity contribution in [2.75, 3.05) is 19.7 Å². The number of halogens is 1. The minimum Gasteiger partial charge on any atom is -0.347 e. The molecule has 0 spiro atoms. The molecule has 1 saturated heterocycles. The van der Waals surface area contributed by atoms with Crippen molar-refractivity contribution in [2.24, 2.45) is 0 Å². The quantitative estimate of drug-likeness (QED) is 0.700. The summed E-state index contributed by atoms with van der Waals surface area (Å²) in [5.41, 5.74) is 2.50. The zero-order valence-corrected chi connectivity index (χ0v) is 16.5. The van der Waals surface area contributed by atoms with Crippen molar-refractivity contribution in [3.63, 3.8) is 0 Å². The second-order valence-corrected chi connectivity index (χ2v) is 7.13. The van der Waals surface area contributed by atoms with Gasteiger partial charge in [0.25, 0.3) is 0 Å². The van der Waals surface area contributed by atoms with Gasteiger partial charge in [-0.05, 0) is 45.3 Å². The molecular weight excluding hydrogens is 346 g/mol. The molecule has 1 heterocycles. The van der Waals surface area contributed by atoms with Crippen molar-refractivity contribution in [2.45, 2.75) is 44.5 Å². The second kappa shape index (κ2) is 10.1. The summed E-state index contributed by atoms with van der Waals surface area (Å²) in [6, 6.07) is 21.0. The van der Waals surface area contributed by atoms with Gasteiger partial charge in [0.1, 0.15) is 0 Å². The minimum absolute atomic E-state index is 0. The van der Waals surface area contributed by atoms with E-state index in [0.717, 1.165) is 31.5 Å².